The number of carbonyl (C=O) groups is 1. The van der Waals surface area contributed by atoms with Crippen LogP contribution in [0.2, 0.25) is 0 Å². The fourth-order valence-electron chi connectivity index (χ4n) is 1.68. The van der Waals surface area contributed by atoms with E-state index in [1.54, 1.807) is 11.0 Å². The van der Waals surface area contributed by atoms with Gasteiger partial charge in [-0.1, -0.05) is 22.0 Å². The first-order valence-electron chi connectivity index (χ1n) is 5.99. The summed E-state index contributed by atoms with van der Waals surface area (Å²) in [4.78, 5) is 15.6. The molecule has 19 heavy (non-hydrogen) atoms. The van der Waals surface area contributed by atoms with Gasteiger partial charge in [-0.3, -0.25) is 9.48 Å². The average Bonchev–Trinajstić information content (AvgIpc) is 2.90. The van der Waals surface area contributed by atoms with E-state index in [1.807, 2.05) is 25.1 Å². The lowest BCUT2D eigenvalue weighted by Gasteiger charge is -2.08. The average molecular weight is 323 g/mol. The van der Waals surface area contributed by atoms with Gasteiger partial charge in [-0.2, -0.15) is 5.10 Å². The van der Waals surface area contributed by atoms with Gasteiger partial charge in [0.25, 0.3) is 0 Å². The van der Waals surface area contributed by atoms with Gasteiger partial charge in [0, 0.05) is 17.4 Å². The maximum atomic E-state index is 11.7. The van der Waals surface area contributed by atoms with Crippen LogP contribution < -0.4 is 5.32 Å². The number of aryl methyl sites for hydroxylation is 2. The molecule has 2 aromatic rings. The molecule has 0 aliphatic carbocycles. The number of amides is 1. The highest BCUT2D eigenvalue weighted by Crippen LogP contribution is 2.15. The van der Waals surface area contributed by atoms with Gasteiger partial charge in [-0.15, -0.1) is 0 Å². The first-order valence-corrected chi connectivity index (χ1v) is 6.78. The maximum Gasteiger partial charge on any atom is 0.222 e. The Kier molecular flexibility index (Phi) is 4.68. The molecule has 0 saturated carbocycles. The van der Waals surface area contributed by atoms with Crippen LogP contribution in [0.5, 0.6) is 0 Å². The fraction of sp³-hybridized carbons (Fsp3) is 0.308. The first-order chi connectivity index (χ1) is 9.15. The lowest BCUT2D eigenvalue weighted by molar-refractivity contribution is -0.121. The third-order valence-electron chi connectivity index (χ3n) is 2.82. The number of benzene rings is 1. The van der Waals surface area contributed by atoms with Crippen molar-refractivity contribution in [1.29, 1.82) is 0 Å². The van der Waals surface area contributed by atoms with E-state index in [9.17, 15) is 4.79 Å². The minimum atomic E-state index is 0.00914. The zero-order chi connectivity index (χ0) is 13.7. The number of hydrogen-bond acceptors (Lipinski definition) is 3. The van der Waals surface area contributed by atoms with Crippen LogP contribution in [0.1, 0.15) is 17.5 Å². The van der Waals surface area contributed by atoms with E-state index in [0.29, 0.717) is 19.5 Å². The van der Waals surface area contributed by atoms with E-state index in [0.717, 1.165) is 10.0 Å². The van der Waals surface area contributed by atoms with Crippen molar-refractivity contribution in [3.05, 3.63) is 46.5 Å². The van der Waals surface area contributed by atoms with Crippen LogP contribution in [0.15, 0.2) is 35.3 Å². The van der Waals surface area contributed by atoms with Crippen molar-refractivity contribution in [3.63, 3.8) is 0 Å². The highest BCUT2D eigenvalue weighted by molar-refractivity contribution is 9.10. The largest absolute Gasteiger partial charge is 0.352 e. The summed E-state index contributed by atoms with van der Waals surface area (Å²) in [5.74, 6) is 0.00914. The first kappa shape index (κ1) is 13.7. The van der Waals surface area contributed by atoms with E-state index in [4.69, 9.17) is 0 Å². The molecule has 2 rings (SSSR count). The lowest BCUT2D eigenvalue weighted by atomic mass is 10.1. The number of hydrogen-bond donors (Lipinski definition) is 1. The third kappa shape index (κ3) is 4.17. The molecule has 0 spiro atoms. The summed E-state index contributed by atoms with van der Waals surface area (Å²) in [5.41, 5.74) is 2.28. The molecule has 0 saturated heterocycles. The molecule has 1 aromatic carbocycles. The molecule has 100 valence electrons. The van der Waals surface area contributed by atoms with Crippen molar-refractivity contribution < 1.29 is 4.79 Å². The molecule has 0 unspecified atom stereocenters. The minimum Gasteiger partial charge on any atom is -0.352 e. The number of nitrogens with one attached hydrogen (secondary N) is 1. The summed E-state index contributed by atoms with van der Waals surface area (Å²) in [6.45, 7) is 3.12. The van der Waals surface area contributed by atoms with Crippen molar-refractivity contribution in [2.75, 3.05) is 0 Å². The Morgan fingerprint density at radius 1 is 1.47 bits per heavy atom. The quantitative estimate of drug-likeness (QED) is 0.916. The molecule has 5 nitrogen and oxygen atoms in total. The highest BCUT2D eigenvalue weighted by atomic mass is 79.9. The molecule has 0 bridgehead atoms. The highest BCUT2D eigenvalue weighted by Gasteiger charge is 2.04. The van der Waals surface area contributed by atoms with Gasteiger partial charge in [0.05, 0.1) is 6.54 Å². The number of carbonyl (C=O) groups excluding carboxylic acids is 1. The van der Waals surface area contributed by atoms with Crippen LogP contribution in [0, 0.1) is 6.92 Å². The number of nitrogens with zero attached hydrogens (tertiary/aromatic N) is 3. The second-order valence-electron chi connectivity index (χ2n) is 4.26. The van der Waals surface area contributed by atoms with Crippen LogP contribution in [-0.2, 0) is 17.9 Å². The number of aromatic nitrogens is 3. The van der Waals surface area contributed by atoms with Crippen molar-refractivity contribution in [1.82, 2.24) is 20.1 Å². The summed E-state index contributed by atoms with van der Waals surface area (Å²) in [7, 11) is 0. The third-order valence-corrected chi connectivity index (χ3v) is 3.31. The zero-order valence-electron chi connectivity index (χ0n) is 10.6. The minimum absolute atomic E-state index is 0.00914. The Bertz CT molecular complexity index is 554. The van der Waals surface area contributed by atoms with Crippen molar-refractivity contribution >= 4 is 21.8 Å². The van der Waals surface area contributed by atoms with E-state index < -0.39 is 0 Å². The Morgan fingerprint density at radius 3 is 3.05 bits per heavy atom. The maximum absolute atomic E-state index is 11.7. The van der Waals surface area contributed by atoms with Gasteiger partial charge < -0.3 is 5.32 Å². The van der Waals surface area contributed by atoms with Crippen LogP contribution in [0.4, 0.5) is 0 Å². The fourth-order valence-corrected chi connectivity index (χ4v) is 2.09. The van der Waals surface area contributed by atoms with Crippen molar-refractivity contribution in [3.8, 4) is 0 Å². The van der Waals surface area contributed by atoms with Gasteiger partial charge >= 0.3 is 0 Å². The molecule has 0 radical (unpaired) electrons. The van der Waals surface area contributed by atoms with Gasteiger partial charge in [-0.05, 0) is 30.2 Å². The van der Waals surface area contributed by atoms with Crippen LogP contribution in [-0.4, -0.2) is 20.7 Å². The number of halogens is 1. The molecular weight excluding hydrogens is 308 g/mol. The lowest BCUT2D eigenvalue weighted by Crippen LogP contribution is -2.24. The van der Waals surface area contributed by atoms with Gasteiger partial charge in [-0.25, -0.2) is 4.98 Å². The van der Waals surface area contributed by atoms with Crippen molar-refractivity contribution in [2.24, 2.45) is 0 Å². The monoisotopic (exact) mass is 322 g/mol. The molecule has 6 heteroatoms. The number of rotatable bonds is 5. The molecule has 0 atom stereocenters. The molecule has 1 amide bonds. The summed E-state index contributed by atoms with van der Waals surface area (Å²) in [6.07, 6.45) is 3.46. The molecule has 1 N–H and O–H groups in total. The van der Waals surface area contributed by atoms with Crippen LogP contribution in [0.3, 0.4) is 0 Å². The van der Waals surface area contributed by atoms with Crippen molar-refractivity contribution in [2.45, 2.75) is 26.4 Å². The predicted octanol–water partition coefficient (Wildman–Crippen LogP) is 2.06. The van der Waals surface area contributed by atoms with E-state index in [2.05, 4.69) is 31.3 Å². The SMILES string of the molecule is Cc1ccc(Br)cc1CNC(=O)CCn1cncn1. The Hall–Kier alpha value is -1.69. The molecule has 0 aliphatic heterocycles. The van der Waals surface area contributed by atoms with Gasteiger partial charge in [0.1, 0.15) is 12.7 Å². The Morgan fingerprint density at radius 2 is 2.32 bits per heavy atom. The molecule has 0 aliphatic rings. The summed E-state index contributed by atoms with van der Waals surface area (Å²) in [6, 6.07) is 6.04. The van der Waals surface area contributed by atoms with E-state index in [1.165, 1.54) is 11.9 Å². The summed E-state index contributed by atoms with van der Waals surface area (Å²) in [5, 5.41) is 6.86. The normalized spacial score (nSPS) is 10.4. The predicted molar refractivity (Wildman–Crippen MR) is 75.4 cm³/mol. The molecule has 1 aromatic heterocycles. The van der Waals surface area contributed by atoms with Gasteiger partial charge in [0.15, 0.2) is 0 Å². The second-order valence-corrected chi connectivity index (χ2v) is 5.17. The van der Waals surface area contributed by atoms with E-state index in [-0.39, 0.29) is 5.91 Å². The molecular formula is C13H15BrN4O. The standard InChI is InChI=1S/C13H15BrN4O/c1-10-2-3-12(14)6-11(10)7-16-13(19)4-5-18-9-15-8-17-18/h2-3,6,8-9H,4-5,7H2,1H3,(H,16,19). The Balaban J connectivity index is 1.81. The smallest absolute Gasteiger partial charge is 0.222 e. The second kappa shape index (κ2) is 6.47. The van der Waals surface area contributed by atoms with Crippen LogP contribution in [0.25, 0.3) is 0 Å². The van der Waals surface area contributed by atoms with Gasteiger partial charge in [0.2, 0.25) is 5.91 Å². The summed E-state index contributed by atoms with van der Waals surface area (Å²) >= 11 is 3.43. The summed E-state index contributed by atoms with van der Waals surface area (Å²) < 4.78 is 2.66. The Labute approximate surface area is 120 Å². The van der Waals surface area contributed by atoms with Crippen LogP contribution >= 0.6 is 15.9 Å². The van der Waals surface area contributed by atoms with E-state index >= 15 is 0 Å². The zero-order valence-corrected chi connectivity index (χ0v) is 12.2. The topological polar surface area (TPSA) is 59.8 Å². The molecule has 0 fully saturated rings. The molecule has 1 heterocycles.